The van der Waals surface area contributed by atoms with E-state index in [1.165, 1.54) is 4.31 Å². The van der Waals surface area contributed by atoms with E-state index in [0.29, 0.717) is 30.1 Å². The molecule has 3 aromatic carbocycles. The lowest BCUT2D eigenvalue weighted by Gasteiger charge is -2.32. The Morgan fingerprint density at radius 1 is 0.923 bits per heavy atom. The van der Waals surface area contributed by atoms with Gasteiger partial charge in [0.05, 0.1) is 11.9 Å². The SMILES string of the molecule is CCNC(=O)C(Cc1ccccc1)N(Cc1ccc(Cl)cc1)C(=O)CCCN(c1ccc(C)cc1)S(C)(=O)=O. The number of nitrogens with zero attached hydrogens (tertiary/aromatic N) is 2. The lowest BCUT2D eigenvalue weighted by atomic mass is 10.0. The molecule has 3 aromatic rings. The molecule has 1 atom stereocenters. The van der Waals surface area contributed by atoms with Gasteiger partial charge in [-0.15, -0.1) is 0 Å². The molecule has 2 amide bonds. The second-order valence-electron chi connectivity index (χ2n) is 9.52. The van der Waals surface area contributed by atoms with Gasteiger partial charge in [-0.3, -0.25) is 13.9 Å². The highest BCUT2D eigenvalue weighted by molar-refractivity contribution is 7.92. The molecule has 0 radical (unpaired) electrons. The zero-order valence-corrected chi connectivity index (χ0v) is 24.2. The molecule has 0 spiro atoms. The van der Waals surface area contributed by atoms with E-state index in [-0.39, 0.29) is 31.3 Å². The van der Waals surface area contributed by atoms with Crippen molar-refractivity contribution in [2.24, 2.45) is 0 Å². The molecule has 0 heterocycles. The highest BCUT2D eigenvalue weighted by Crippen LogP contribution is 2.21. The quantitative estimate of drug-likeness (QED) is 0.315. The predicted octanol–water partition coefficient (Wildman–Crippen LogP) is 4.97. The summed E-state index contributed by atoms with van der Waals surface area (Å²) >= 11 is 6.07. The number of likely N-dealkylation sites (N-methyl/N-ethyl adjacent to an activating group) is 1. The maximum absolute atomic E-state index is 13.7. The lowest BCUT2D eigenvalue weighted by Crippen LogP contribution is -2.50. The van der Waals surface area contributed by atoms with Crippen LogP contribution in [0, 0.1) is 6.92 Å². The fraction of sp³-hybridized carbons (Fsp3) is 0.333. The van der Waals surface area contributed by atoms with Crippen LogP contribution in [0.25, 0.3) is 0 Å². The largest absolute Gasteiger partial charge is 0.355 e. The summed E-state index contributed by atoms with van der Waals surface area (Å²) in [5, 5.41) is 3.46. The maximum atomic E-state index is 13.7. The molecule has 1 unspecified atom stereocenters. The average Bonchev–Trinajstić information content (AvgIpc) is 2.90. The first-order valence-corrected chi connectivity index (χ1v) is 15.2. The number of carbonyl (C=O) groups excluding carboxylic acids is 2. The van der Waals surface area contributed by atoms with Gasteiger partial charge in [-0.25, -0.2) is 8.42 Å². The van der Waals surface area contributed by atoms with Gasteiger partial charge >= 0.3 is 0 Å². The van der Waals surface area contributed by atoms with Crippen LogP contribution in [0.2, 0.25) is 5.02 Å². The van der Waals surface area contributed by atoms with Gasteiger partial charge in [0, 0.05) is 37.5 Å². The zero-order valence-electron chi connectivity index (χ0n) is 22.6. The third kappa shape index (κ3) is 9.11. The van der Waals surface area contributed by atoms with Crippen LogP contribution >= 0.6 is 11.6 Å². The molecular formula is C30H36ClN3O4S. The number of rotatable bonds is 13. The van der Waals surface area contributed by atoms with E-state index in [9.17, 15) is 18.0 Å². The number of amides is 2. The van der Waals surface area contributed by atoms with Gasteiger partial charge < -0.3 is 10.2 Å². The van der Waals surface area contributed by atoms with Crippen LogP contribution in [-0.4, -0.2) is 50.5 Å². The molecule has 208 valence electrons. The van der Waals surface area contributed by atoms with Gasteiger partial charge in [-0.05, 0) is 55.7 Å². The number of sulfonamides is 1. The minimum Gasteiger partial charge on any atom is -0.355 e. The smallest absolute Gasteiger partial charge is 0.243 e. The lowest BCUT2D eigenvalue weighted by molar-refractivity contribution is -0.141. The molecule has 0 aliphatic rings. The van der Waals surface area contributed by atoms with E-state index >= 15 is 0 Å². The first kappa shape index (κ1) is 30.2. The number of halogens is 1. The van der Waals surface area contributed by atoms with Crippen LogP contribution in [0.4, 0.5) is 5.69 Å². The first-order chi connectivity index (χ1) is 18.6. The van der Waals surface area contributed by atoms with Gasteiger partial charge in [0.2, 0.25) is 21.8 Å². The number of carbonyl (C=O) groups is 2. The van der Waals surface area contributed by atoms with Gasteiger partial charge in [0.25, 0.3) is 0 Å². The molecule has 0 aliphatic heterocycles. The fourth-order valence-corrected chi connectivity index (χ4v) is 5.44. The van der Waals surface area contributed by atoms with Gasteiger partial charge in [-0.2, -0.15) is 0 Å². The molecule has 7 nitrogen and oxygen atoms in total. The Bertz CT molecular complexity index is 1330. The monoisotopic (exact) mass is 569 g/mol. The second-order valence-corrected chi connectivity index (χ2v) is 11.9. The van der Waals surface area contributed by atoms with Crippen LogP contribution in [0.5, 0.6) is 0 Å². The Morgan fingerprint density at radius 3 is 2.15 bits per heavy atom. The van der Waals surface area contributed by atoms with E-state index in [1.54, 1.807) is 29.2 Å². The average molecular weight is 570 g/mol. The minimum absolute atomic E-state index is 0.0795. The molecule has 3 rings (SSSR count). The van der Waals surface area contributed by atoms with Crippen molar-refractivity contribution in [2.75, 3.05) is 23.7 Å². The Kier molecular flexibility index (Phi) is 10.9. The standard InChI is InChI=1S/C30H36ClN3O4S/c1-4-32-30(36)28(21-24-9-6-5-7-10-24)33(22-25-14-16-26(31)17-15-25)29(35)11-8-20-34(39(3,37)38)27-18-12-23(2)13-19-27/h5-7,9-10,12-19,28H,4,8,11,20-22H2,1-3H3,(H,32,36). The Labute approximate surface area is 236 Å². The Morgan fingerprint density at radius 2 is 1.56 bits per heavy atom. The Hall–Kier alpha value is -3.36. The van der Waals surface area contributed by atoms with Crippen LogP contribution in [0.3, 0.4) is 0 Å². The van der Waals surface area contributed by atoms with Crippen LogP contribution in [0.1, 0.15) is 36.5 Å². The molecule has 0 aromatic heterocycles. The third-order valence-electron chi connectivity index (χ3n) is 6.36. The molecule has 0 aliphatic carbocycles. The van der Waals surface area contributed by atoms with Gasteiger partial charge in [-0.1, -0.05) is 71.8 Å². The number of aryl methyl sites for hydroxylation is 1. The summed E-state index contributed by atoms with van der Waals surface area (Å²) in [5.41, 5.74) is 3.35. The van der Waals surface area contributed by atoms with Crippen molar-refractivity contribution in [3.05, 3.63) is 101 Å². The molecule has 1 N–H and O–H groups in total. The number of benzene rings is 3. The summed E-state index contributed by atoms with van der Waals surface area (Å²) < 4.78 is 26.4. The molecule has 0 saturated carbocycles. The molecule has 9 heteroatoms. The summed E-state index contributed by atoms with van der Waals surface area (Å²) in [6, 6.07) is 23.2. The molecular weight excluding hydrogens is 534 g/mol. The highest BCUT2D eigenvalue weighted by Gasteiger charge is 2.30. The van der Waals surface area contributed by atoms with Crippen molar-refractivity contribution in [2.45, 2.75) is 45.7 Å². The molecule has 0 bridgehead atoms. The molecule has 0 saturated heterocycles. The minimum atomic E-state index is -3.55. The second kappa shape index (κ2) is 14.1. The van der Waals surface area contributed by atoms with Crippen molar-refractivity contribution in [3.63, 3.8) is 0 Å². The van der Waals surface area contributed by atoms with E-state index in [1.807, 2.05) is 68.4 Å². The summed E-state index contributed by atoms with van der Waals surface area (Å²) in [6.07, 6.45) is 1.89. The number of nitrogens with one attached hydrogen (secondary N) is 1. The summed E-state index contributed by atoms with van der Waals surface area (Å²) in [4.78, 5) is 28.6. The van der Waals surface area contributed by atoms with Gasteiger partial charge in [0.1, 0.15) is 6.04 Å². The van der Waals surface area contributed by atoms with Crippen molar-refractivity contribution in [3.8, 4) is 0 Å². The molecule has 39 heavy (non-hydrogen) atoms. The van der Waals surface area contributed by atoms with E-state index in [4.69, 9.17) is 11.6 Å². The zero-order chi connectivity index (χ0) is 28.4. The summed E-state index contributed by atoms with van der Waals surface area (Å²) in [7, 11) is -3.55. The normalized spacial score (nSPS) is 12.0. The molecule has 0 fully saturated rings. The van der Waals surface area contributed by atoms with Crippen molar-refractivity contribution < 1.29 is 18.0 Å². The number of hydrogen-bond donors (Lipinski definition) is 1. The Balaban J connectivity index is 1.85. The number of anilines is 1. The van der Waals surface area contributed by atoms with Crippen molar-refractivity contribution >= 4 is 39.1 Å². The predicted molar refractivity (Wildman–Crippen MR) is 157 cm³/mol. The maximum Gasteiger partial charge on any atom is 0.243 e. The fourth-order valence-electron chi connectivity index (χ4n) is 4.35. The summed E-state index contributed by atoms with van der Waals surface area (Å²) in [5.74, 6) is -0.462. The topological polar surface area (TPSA) is 86.8 Å². The van der Waals surface area contributed by atoms with Crippen LogP contribution < -0.4 is 9.62 Å². The van der Waals surface area contributed by atoms with Crippen LogP contribution in [-0.2, 0) is 32.6 Å². The van der Waals surface area contributed by atoms with Gasteiger partial charge in [0.15, 0.2) is 0 Å². The third-order valence-corrected chi connectivity index (χ3v) is 7.81. The van der Waals surface area contributed by atoms with E-state index in [2.05, 4.69) is 5.32 Å². The highest BCUT2D eigenvalue weighted by atomic mass is 35.5. The van der Waals surface area contributed by atoms with Crippen LogP contribution in [0.15, 0.2) is 78.9 Å². The van der Waals surface area contributed by atoms with E-state index < -0.39 is 16.1 Å². The summed E-state index contributed by atoms with van der Waals surface area (Å²) in [6.45, 7) is 4.58. The number of hydrogen-bond acceptors (Lipinski definition) is 4. The van der Waals surface area contributed by atoms with E-state index in [0.717, 1.165) is 22.9 Å². The van der Waals surface area contributed by atoms with Crippen molar-refractivity contribution in [1.82, 2.24) is 10.2 Å². The first-order valence-electron chi connectivity index (χ1n) is 13.0. The van der Waals surface area contributed by atoms with Crippen molar-refractivity contribution in [1.29, 1.82) is 0 Å².